The first-order valence-corrected chi connectivity index (χ1v) is 12.4. The molecule has 0 amide bonds. The molecule has 10 heteroatoms. The van der Waals surface area contributed by atoms with Gasteiger partial charge in [0, 0.05) is 51.0 Å². The number of benzene rings is 1. The van der Waals surface area contributed by atoms with Gasteiger partial charge in [0.15, 0.2) is 0 Å². The molecular weight excluding hydrogens is 444 g/mol. The molecule has 0 spiro atoms. The molecule has 0 radical (unpaired) electrons. The van der Waals surface area contributed by atoms with Gasteiger partial charge in [-0.2, -0.15) is 5.10 Å². The van der Waals surface area contributed by atoms with Crippen LogP contribution in [0.5, 0.6) is 0 Å². The van der Waals surface area contributed by atoms with Crippen molar-refractivity contribution < 1.29 is 4.74 Å². The maximum absolute atomic E-state index is 13.4. The number of ether oxygens (including phenoxy) is 1. The summed E-state index contributed by atoms with van der Waals surface area (Å²) >= 11 is 0. The van der Waals surface area contributed by atoms with E-state index in [2.05, 4.69) is 24.4 Å². The van der Waals surface area contributed by atoms with E-state index >= 15 is 0 Å². The monoisotopic (exact) mass is 472 g/mol. The predicted molar refractivity (Wildman–Crippen MR) is 132 cm³/mol. The van der Waals surface area contributed by atoms with Crippen LogP contribution < -0.4 is 10.9 Å². The molecule has 1 aliphatic carbocycles. The first kappa shape index (κ1) is 20.8. The van der Waals surface area contributed by atoms with Crippen LogP contribution in [-0.2, 0) is 17.8 Å². The van der Waals surface area contributed by atoms with E-state index in [1.54, 1.807) is 10.9 Å². The molecule has 10 nitrogen and oxygen atoms in total. The van der Waals surface area contributed by atoms with Crippen molar-refractivity contribution in [3.63, 3.8) is 0 Å². The quantitative estimate of drug-likeness (QED) is 0.460. The Morgan fingerprint density at radius 2 is 1.97 bits per heavy atom. The summed E-state index contributed by atoms with van der Waals surface area (Å²) in [6.45, 7) is 6.40. The molecule has 0 bridgehead atoms. The van der Waals surface area contributed by atoms with Crippen LogP contribution >= 0.6 is 0 Å². The van der Waals surface area contributed by atoms with E-state index < -0.39 is 0 Å². The van der Waals surface area contributed by atoms with Crippen molar-refractivity contribution >= 4 is 16.9 Å². The summed E-state index contributed by atoms with van der Waals surface area (Å²) in [5, 5.41) is 8.83. The van der Waals surface area contributed by atoms with Gasteiger partial charge in [-0.3, -0.25) is 18.9 Å². The number of fused-ring (bicyclic) bond motifs is 2. The Morgan fingerprint density at radius 1 is 1.09 bits per heavy atom. The molecule has 1 aromatic carbocycles. The van der Waals surface area contributed by atoms with Crippen molar-refractivity contribution in [3.05, 3.63) is 47.1 Å². The summed E-state index contributed by atoms with van der Waals surface area (Å²) in [4.78, 5) is 25.2. The fourth-order valence-electron chi connectivity index (χ4n) is 5.10. The highest BCUT2D eigenvalue weighted by atomic mass is 16.5. The lowest BCUT2D eigenvalue weighted by molar-refractivity contribution is 0.0362. The van der Waals surface area contributed by atoms with Crippen LogP contribution in [0.15, 0.2) is 41.6 Å². The van der Waals surface area contributed by atoms with Crippen molar-refractivity contribution in [2.24, 2.45) is 0 Å². The highest BCUT2D eigenvalue weighted by Crippen LogP contribution is 2.38. The zero-order chi connectivity index (χ0) is 23.4. The van der Waals surface area contributed by atoms with Crippen molar-refractivity contribution in [1.29, 1.82) is 0 Å². The summed E-state index contributed by atoms with van der Waals surface area (Å²) in [5.74, 6) is 0.852. The molecular formula is C25H28N8O2. The van der Waals surface area contributed by atoms with Crippen LogP contribution in [0.25, 0.3) is 33.5 Å². The Morgan fingerprint density at radius 3 is 2.83 bits per heavy atom. The fourth-order valence-corrected chi connectivity index (χ4v) is 5.10. The zero-order valence-corrected chi connectivity index (χ0v) is 19.6. The Bertz CT molecular complexity index is 1460. The van der Waals surface area contributed by atoms with Gasteiger partial charge in [0.2, 0.25) is 5.95 Å². The van der Waals surface area contributed by atoms with Crippen LogP contribution in [0.4, 0.5) is 5.95 Å². The lowest BCUT2D eigenvalue weighted by Gasteiger charge is -2.26. The number of hydrogen-bond acceptors (Lipinski definition) is 7. The number of aromatic nitrogens is 6. The number of morpholine rings is 1. The van der Waals surface area contributed by atoms with Gasteiger partial charge in [-0.05, 0) is 31.0 Å². The number of hydrogen-bond donors (Lipinski definition) is 1. The molecule has 1 N–H and O–H groups in total. The van der Waals surface area contributed by atoms with Gasteiger partial charge in [-0.25, -0.2) is 9.97 Å². The molecule has 7 rings (SSSR count). The summed E-state index contributed by atoms with van der Waals surface area (Å²) in [5.41, 5.74) is 4.37. The zero-order valence-electron chi connectivity index (χ0n) is 19.6. The van der Waals surface area contributed by atoms with Crippen molar-refractivity contribution in [1.82, 2.24) is 33.8 Å². The van der Waals surface area contributed by atoms with E-state index in [-0.39, 0.29) is 5.56 Å². The third-order valence-electron chi connectivity index (χ3n) is 7.22. The van der Waals surface area contributed by atoms with Gasteiger partial charge < -0.3 is 14.6 Å². The summed E-state index contributed by atoms with van der Waals surface area (Å²) in [6, 6.07) is 8.51. The number of anilines is 1. The van der Waals surface area contributed by atoms with Gasteiger partial charge in [-0.15, -0.1) is 0 Å². The van der Waals surface area contributed by atoms with Gasteiger partial charge in [-0.1, -0.05) is 6.07 Å². The van der Waals surface area contributed by atoms with Gasteiger partial charge in [0.25, 0.3) is 5.56 Å². The second kappa shape index (κ2) is 8.31. The average Bonchev–Trinajstić information content (AvgIpc) is 3.28. The van der Waals surface area contributed by atoms with Crippen LogP contribution in [-0.4, -0.2) is 73.2 Å². The Labute approximate surface area is 202 Å². The van der Waals surface area contributed by atoms with Crippen LogP contribution in [0.3, 0.4) is 0 Å². The highest BCUT2D eigenvalue weighted by molar-refractivity contribution is 5.87. The van der Waals surface area contributed by atoms with Crippen LogP contribution in [0.1, 0.15) is 18.9 Å². The minimum Gasteiger partial charge on any atom is -0.379 e. The smallest absolute Gasteiger partial charge is 0.261 e. The number of rotatable bonds is 6. The first-order valence-electron chi connectivity index (χ1n) is 12.4. The molecule has 3 aromatic heterocycles. The molecule has 4 aromatic rings. The van der Waals surface area contributed by atoms with Gasteiger partial charge in [0.1, 0.15) is 11.4 Å². The normalized spacial score (nSPS) is 18.2. The third-order valence-corrected chi connectivity index (χ3v) is 7.22. The van der Waals surface area contributed by atoms with Crippen molar-refractivity contribution in [2.75, 3.05) is 44.7 Å². The lowest BCUT2D eigenvalue weighted by Crippen LogP contribution is -2.39. The molecule has 1 saturated carbocycles. The number of imidazole rings is 1. The Hall–Kier alpha value is -3.50. The van der Waals surface area contributed by atoms with Crippen molar-refractivity contribution in [2.45, 2.75) is 32.0 Å². The fraction of sp³-hybridized carbons (Fsp3) is 0.440. The molecule has 180 valence electrons. The van der Waals surface area contributed by atoms with Crippen LogP contribution in [0.2, 0.25) is 0 Å². The van der Waals surface area contributed by atoms with E-state index in [4.69, 9.17) is 14.8 Å². The maximum Gasteiger partial charge on any atom is 0.261 e. The minimum atomic E-state index is -0.0102. The third kappa shape index (κ3) is 3.73. The molecule has 3 aliphatic rings. The summed E-state index contributed by atoms with van der Waals surface area (Å²) in [7, 11) is 0. The van der Waals surface area contributed by atoms with Gasteiger partial charge in [0.05, 0.1) is 42.2 Å². The van der Waals surface area contributed by atoms with Crippen LogP contribution in [0, 0.1) is 0 Å². The second-order valence-electron chi connectivity index (χ2n) is 9.55. The SMILES string of the molecule is O=c1c2cc(-c3c(-c4ccn(C5CC5)n4)nc4n3CCN4)ccc2ncn1CCN1CCOCC1. The molecule has 1 saturated heterocycles. The minimum absolute atomic E-state index is 0.0102. The largest absolute Gasteiger partial charge is 0.379 e. The predicted octanol–water partition coefficient (Wildman–Crippen LogP) is 2.22. The number of nitrogens with one attached hydrogen (secondary N) is 1. The molecule has 0 unspecified atom stereocenters. The summed E-state index contributed by atoms with van der Waals surface area (Å²) in [6.07, 6.45) is 6.09. The van der Waals surface area contributed by atoms with E-state index in [0.29, 0.717) is 23.5 Å². The van der Waals surface area contributed by atoms with Gasteiger partial charge >= 0.3 is 0 Å². The molecule has 35 heavy (non-hydrogen) atoms. The highest BCUT2D eigenvalue weighted by Gasteiger charge is 2.28. The topological polar surface area (TPSA) is 95.0 Å². The van der Waals surface area contributed by atoms with E-state index in [9.17, 15) is 4.79 Å². The molecule has 0 atom stereocenters. The number of nitrogens with zero attached hydrogens (tertiary/aromatic N) is 7. The standard InChI is InChI=1S/C25H28N8O2/c34-24-19-15-17(1-4-20(19)27-16-31(24)10-9-30-11-13-35-14-12-30)23-22(28-25-26-6-8-32(23)25)21-5-7-33(29-21)18-2-3-18/h1,4-5,7,15-16,18H,2-3,6,8-14H2,(H,26,28). The molecule has 2 aliphatic heterocycles. The average molecular weight is 473 g/mol. The second-order valence-corrected chi connectivity index (χ2v) is 9.55. The maximum atomic E-state index is 13.4. The van der Waals surface area contributed by atoms with E-state index in [0.717, 1.165) is 74.5 Å². The Kier molecular flexibility index (Phi) is 4.95. The Balaban J connectivity index is 1.27. The van der Waals surface area contributed by atoms with Crippen molar-refractivity contribution in [3.8, 4) is 22.6 Å². The lowest BCUT2D eigenvalue weighted by atomic mass is 10.1. The first-order chi connectivity index (χ1) is 17.2. The van der Waals surface area contributed by atoms with E-state index in [1.807, 2.05) is 30.5 Å². The summed E-state index contributed by atoms with van der Waals surface area (Å²) < 4.78 is 11.4. The molecule has 2 fully saturated rings. The molecule has 5 heterocycles. The van der Waals surface area contributed by atoms with E-state index in [1.165, 1.54) is 12.8 Å².